The number of aromatic carboxylic acids is 1. The highest BCUT2D eigenvalue weighted by atomic mass is 19.1. The van der Waals surface area contributed by atoms with E-state index in [1.165, 1.54) is 12.1 Å². The summed E-state index contributed by atoms with van der Waals surface area (Å²) < 4.78 is 19.6. The smallest absolute Gasteiger partial charge is 0.335 e. The average molecular weight is 270 g/mol. The van der Waals surface area contributed by atoms with Gasteiger partial charge in [0, 0.05) is 5.39 Å². The molecule has 0 bridgehead atoms. The second kappa shape index (κ2) is 4.49. The van der Waals surface area contributed by atoms with Gasteiger partial charge in [0.25, 0.3) is 0 Å². The summed E-state index contributed by atoms with van der Waals surface area (Å²) in [6.07, 6.45) is 0. The molecule has 1 heterocycles. The summed E-state index contributed by atoms with van der Waals surface area (Å²) in [6, 6.07) is 11.0. The van der Waals surface area contributed by atoms with Crippen LogP contribution in [0.5, 0.6) is 0 Å². The van der Waals surface area contributed by atoms with E-state index in [9.17, 15) is 9.18 Å². The first-order valence-corrected chi connectivity index (χ1v) is 6.08. The predicted molar refractivity (Wildman–Crippen MR) is 73.3 cm³/mol. The van der Waals surface area contributed by atoms with Crippen molar-refractivity contribution in [1.29, 1.82) is 0 Å². The maximum absolute atomic E-state index is 13.9. The second-order valence-corrected chi connectivity index (χ2v) is 4.60. The van der Waals surface area contributed by atoms with Gasteiger partial charge in [0.2, 0.25) is 0 Å². The average Bonchev–Trinajstić information content (AvgIpc) is 2.84. The number of fused-ring (bicyclic) bond motifs is 1. The van der Waals surface area contributed by atoms with E-state index in [1.807, 2.05) is 25.1 Å². The number of para-hydroxylation sites is 1. The Morgan fingerprint density at radius 2 is 2.00 bits per heavy atom. The molecule has 3 rings (SSSR count). The maximum atomic E-state index is 13.9. The molecule has 0 amide bonds. The lowest BCUT2D eigenvalue weighted by molar-refractivity contribution is 0.0697. The molecule has 0 saturated heterocycles. The van der Waals surface area contributed by atoms with Gasteiger partial charge in [-0.15, -0.1) is 0 Å². The third kappa shape index (κ3) is 1.95. The standard InChI is InChI=1S/C16H11FO3/c1-9-3-2-4-10-8-14(20-15(9)10)12-7-11(16(18)19)5-6-13(12)17/h2-8H,1H3,(H,18,19). The second-order valence-electron chi connectivity index (χ2n) is 4.60. The molecule has 0 fully saturated rings. The summed E-state index contributed by atoms with van der Waals surface area (Å²) in [5, 5.41) is 9.84. The lowest BCUT2D eigenvalue weighted by atomic mass is 10.1. The van der Waals surface area contributed by atoms with E-state index in [0.717, 1.165) is 17.0 Å². The molecular formula is C16H11FO3. The fourth-order valence-corrected chi connectivity index (χ4v) is 2.19. The van der Waals surface area contributed by atoms with Crippen LogP contribution in [0, 0.1) is 12.7 Å². The quantitative estimate of drug-likeness (QED) is 0.757. The minimum atomic E-state index is -1.10. The van der Waals surface area contributed by atoms with Crippen LogP contribution in [0.3, 0.4) is 0 Å². The van der Waals surface area contributed by atoms with Crippen molar-refractivity contribution in [3.8, 4) is 11.3 Å². The molecule has 0 atom stereocenters. The van der Waals surface area contributed by atoms with Crippen LogP contribution in [0.4, 0.5) is 4.39 Å². The summed E-state index contributed by atoms with van der Waals surface area (Å²) in [4.78, 5) is 11.0. The van der Waals surface area contributed by atoms with Gasteiger partial charge in [-0.05, 0) is 36.8 Å². The Morgan fingerprint density at radius 3 is 2.70 bits per heavy atom. The van der Waals surface area contributed by atoms with Gasteiger partial charge < -0.3 is 9.52 Å². The zero-order valence-corrected chi connectivity index (χ0v) is 10.7. The third-order valence-corrected chi connectivity index (χ3v) is 3.22. The normalized spacial score (nSPS) is 10.9. The monoisotopic (exact) mass is 270 g/mol. The summed E-state index contributed by atoms with van der Waals surface area (Å²) in [5.74, 6) is -1.28. The van der Waals surface area contributed by atoms with E-state index in [0.29, 0.717) is 11.3 Å². The van der Waals surface area contributed by atoms with Gasteiger partial charge in [-0.2, -0.15) is 0 Å². The molecule has 0 spiro atoms. The van der Waals surface area contributed by atoms with Crippen LogP contribution in [0.15, 0.2) is 46.9 Å². The Kier molecular flexibility index (Phi) is 2.79. The number of carboxylic acids is 1. The zero-order valence-electron chi connectivity index (χ0n) is 10.7. The topological polar surface area (TPSA) is 50.4 Å². The number of benzene rings is 2. The Bertz CT molecular complexity index is 818. The van der Waals surface area contributed by atoms with Crippen LogP contribution in [-0.4, -0.2) is 11.1 Å². The fraction of sp³-hybridized carbons (Fsp3) is 0.0625. The van der Waals surface area contributed by atoms with Crippen LogP contribution in [0.25, 0.3) is 22.3 Å². The number of halogens is 1. The molecule has 3 aromatic rings. The maximum Gasteiger partial charge on any atom is 0.335 e. The summed E-state index contributed by atoms with van der Waals surface area (Å²) in [5.41, 5.74) is 1.81. The first-order valence-electron chi connectivity index (χ1n) is 6.08. The highest BCUT2D eigenvalue weighted by Gasteiger charge is 2.14. The molecule has 3 nitrogen and oxygen atoms in total. The van der Waals surface area contributed by atoms with E-state index in [-0.39, 0.29) is 11.1 Å². The summed E-state index contributed by atoms with van der Waals surface area (Å²) >= 11 is 0. The minimum absolute atomic E-state index is 0.0265. The molecule has 1 N–H and O–H groups in total. The van der Waals surface area contributed by atoms with E-state index in [2.05, 4.69) is 0 Å². The largest absolute Gasteiger partial charge is 0.478 e. The molecule has 0 aliphatic rings. The zero-order chi connectivity index (χ0) is 14.3. The Morgan fingerprint density at radius 1 is 1.20 bits per heavy atom. The molecule has 100 valence electrons. The van der Waals surface area contributed by atoms with Crippen LogP contribution >= 0.6 is 0 Å². The van der Waals surface area contributed by atoms with Crippen molar-refractivity contribution in [3.05, 3.63) is 59.4 Å². The molecule has 20 heavy (non-hydrogen) atoms. The van der Waals surface area contributed by atoms with Crippen LogP contribution < -0.4 is 0 Å². The Labute approximate surface area is 114 Å². The summed E-state index contributed by atoms with van der Waals surface area (Å²) in [6.45, 7) is 1.90. The first kappa shape index (κ1) is 12.4. The molecule has 2 aromatic carbocycles. The van der Waals surface area contributed by atoms with E-state index in [4.69, 9.17) is 9.52 Å². The number of rotatable bonds is 2. The Hall–Kier alpha value is -2.62. The van der Waals surface area contributed by atoms with Crippen LogP contribution in [0.1, 0.15) is 15.9 Å². The molecule has 0 aliphatic carbocycles. The van der Waals surface area contributed by atoms with Gasteiger partial charge in [0.1, 0.15) is 17.2 Å². The van der Waals surface area contributed by atoms with Gasteiger partial charge in [0.05, 0.1) is 11.1 Å². The highest BCUT2D eigenvalue weighted by molar-refractivity contribution is 5.90. The highest BCUT2D eigenvalue weighted by Crippen LogP contribution is 2.31. The third-order valence-electron chi connectivity index (χ3n) is 3.22. The van der Waals surface area contributed by atoms with Crippen LogP contribution in [0.2, 0.25) is 0 Å². The van der Waals surface area contributed by atoms with Gasteiger partial charge in [-0.3, -0.25) is 0 Å². The number of carbonyl (C=O) groups is 1. The lowest BCUT2D eigenvalue weighted by Crippen LogP contribution is -1.97. The van der Waals surface area contributed by atoms with Crippen molar-refractivity contribution in [2.45, 2.75) is 6.92 Å². The fourth-order valence-electron chi connectivity index (χ4n) is 2.19. The number of hydrogen-bond donors (Lipinski definition) is 1. The van der Waals surface area contributed by atoms with Gasteiger partial charge in [0.15, 0.2) is 0 Å². The Balaban J connectivity index is 2.22. The summed E-state index contributed by atoms with van der Waals surface area (Å²) in [7, 11) is 0. The van der Waals surface area contributed by atoms with Gasteiger partial charge in [-0.25, -0.2) is 9.18 Å². The number of aryl methyl sites for hydroxylation is 1. The first-order chi connectivity index (χ1) is 9.56. The van der Waals surface area contributed by atoms with Crippen LogP contribution in [-0.2, 0) is 0 Å². The van der Waals surface area contributed by atoms with Crippen molar-refractivity contribution in [2.24, 2.45) is 0 Å². The van der Waals surface area contributed by atoms with E-state index in [1.54, 1.807) is 6.07 Å². The molecule has 4 heteroatoms. The molecule has 1 aromatic heterocycles. The van der Waals surface area contributed by atoms with E-state index < -0.39 is 11.8 Å². The number of furan rings is 1. The predicted octanol–water partition coefficient (Wildman–Crippen LogP) is 4.25. The molecule has 0 unspecified atom stereocenters. The van der Waals surface area contributed by atoms with Crippen molar-refractivity contribution < 1.29 is 18.7 Å². The van der Waals surface area contributed by atoms with Gasteiger partial charge in [-0.1, -0.05) is 18.2 Å². The van der Waals surface area contributed by atoms with Gasteiger partial charge >= 0.3 is 5.97 Å². The molecule has 0 aliphatic heterocycles. The number of carboxylic acid groups (broad SMARTS) is 1. The molecule has 0 radical (unpaired) electrons. The van der Waals surface area contributed by atoms with Crippen molar-refractivity contribution in [3.63, 3.8) is 0 Å². The molecular weight excluding hydrogens is 259 g/mol. The minimum Gasteiger partial charge on any atom is -0.478 e. The van der Waals surface area contributed by atoms with Crippen molar-refractivity contribution in [1.82, 2.24) is 0 Å². The lowest BCUT2D eigenvalue weighted by Gasteiger charge is -2.01. The van der Waals surface area contributed by atoms with E-state index >= 15 is 0 Å². The number of hydrogen-bond acceptors (Lipinski definition) is 2. The SMILES string of the molecule is Cc1cccc2cc(-c3cc(C(=O)O)ccc3F)oc12. The van der Waals surface area contributed by atoms with Crippen molar-refractivity contribution in [2.75, 3.05) is 0 Å². The molecule has 0 saturated carbocycles. The van der Waals surface area contributed by atoms with Crippen molar-refractivity contribution >= 4 is 16.9 Å².